The van der Waals surface area contributed by atoms with Gasteiger partial charge in [0.2, 0.25) is 10.0 Å². The number of benzene rings is 2. The smallest absolute Gasteiger partial charge is 0.279 e. The van der Waals surface area contributed by atoms with Crippen molar-refractivity contribution in [1.29, 1.82) is 0 Å². The number of carbonyl (C=O) groups excluding carboxylic acids is 1. The van der Waals surface area contributed by atoms with E-state index in [9.17, 15) is 13.2 Å². The van der Waals surface area contributed by atoms with Crippen LogP contribution >= 0.6 is 11.3 Å². The third-order valence-electron chi connectivity index (χ3n) is 6.15. The van der Waals surface area contributed by atoms with Crippen LogP contribution in [0, 0.1) is 0 Å². The molecule has 1 atom stereocenters. The van der Waals surface area contributed by atoms with Gasteiger partial charge in [-0.1, -0.05) is 23.8 Å². The third kappa shape index (κ3) is 4.91. The zero-order valence-electron chi connectivity index (χ0n) is 20.1. The fourth-order valence-electron chi connectivity index (χ4n) is 4.27. The molecular formula is C25H29N3O5S2. The Balaban J connectivity index is 1.69. The van der Waals surface area contributed by atoms with Gasteiger partial charge in [0.25, 0.3) is 5.91 Å². The highest BCUT2D eigenvalue weighted by molar-refractivity contribution is 7.89. The summed E-state index contributed by atoms with van der Waals surface area (Å²) in [6.07, 6.45) is 4.47. The van der Waals surface area contributed by atoms with Gasteiger partial charge >= 0.3 is 0 Å². The second-order valence-corrected chi connectivity index (χ2v) is 11.3. The summed E-state index contributed by atoms with van der Waals surface area (Å²) in [5.41, 5.74) is 1.16. The predicted octanol–water partition coefficient (Wildman–Crippen LogP) is 4.21. The highest BCUT2D eigenvalue weighted by atomic mass is 32.2. The molecule has 1 aliphatic rings. The van der Waals surface area contributed by atoms with E-state index in [1.54, 1.807) is 24.6 Å². The zero-order chi connectivity index (χ0) is 25.2. The second-order valence-electron chi connectivity index (χ2n) is 8.36. The zero-order valence-corrected chi connectivity index (χ0v) is 21.7. The van der Waals surface area contributed by atoms with Crippen molar-refractivity contribution < 1.29 is 22.7 Å². The number of methoxy groups -OCH3 is 2. The minimum absolute atomic E-state index is 0.0319. The summed E-state index contributed by atoms with van der Waals surface area (Å²) in [5, 5.41) is 0. The van der Waals surface area contributed by atoms with Crippen LogP contribution in [-0.4, -0.2) is 50.0 Å². The molecule has 0 bridgehead atoms. The molecule has 0 N–H and O–H groups in total. The van der Waals surface area contributed by atoms with Gasteiger partial charge in [0, 0.05) is 36.8 Å². The number of nitrogens with zero attached hydrogens (tertiary/aromatic N) is 3. The van der Waals surface area contributed by atoms with Gasteiger partial charge in [0.1, 0.15) is 0 Å². The van der Waals surface area contributed by atoms with E-state index in [0.717, 1.165) is 29.5 Å². The number of fused-ring (bicyclic) bond motifs is 1. The Bertz CT molecular complexity index is 1420. The van der Waals surface area contributed by atoms with Crippen molar-refractivity contribution in [2.24, 2.45) is 4.99 Å². The molecule has 2 aromatic carbocycles. The van der Waals surface area contributed by atoms with E-state index in [1.807, 2.05) is 23.6 Å². The number of hydrogen-bond donors (Lipinski definition) is 0. The Labute approximate surface area is 209 Å². The standard InChI is InChI=1S/C25H29N3O5S2/c1-5-13-27-20-15-21(32-3)22(33-4)16-23(20)34-25(27)26-24(29)18-9-11-19(12-10-18)35(30,31)28-14-7-6-8-17(28)2/h5,9-12,15-17H,1,6-8,13-14H2,2-4H3. The molecule has 2 heterocycles. The van der Waals surface area contributed by atoms with Gasteiger partial charge in [-0.05, 0) is 44.0 Å². The number of aromatic nitrogens is 1. The number of sulfonamides is 1. The fraction of sp³-hybridized carbons (Fsp3) is 0.360. The minimum atomic E-state index is -3.60. The summed E-state index contributed by atoms with van der Waals surface area (Å²) in [7, 11) is -0.466. The molecule has 35 heavy (non-hydrogen) atoms. The molecule has 1 unspecified atom stereocenters. The molecule has 0 radical (unpaired) electrons. The Morgan fingerprint density at radius 3 is 2.49 bits per heavy atom. The maximum Gasteiger partial charge on any atom is 0.279 e. The molecule has 8 nitrogen and oxygen atoms in total. The average molecular weight is 516 g/mol. The summed E-state index contributed by atoms with van der Waals surface area (Å²) in [6.45, 7) is 6.72. The summed E-state index contributed by atoms with van der Waals surface area (Å²) in [5.74, 6) is 0.710. The molecule has 0 saturated carbocycles. The van der Waals surface area contributed by atoms with Crippen LogP contribution in [0.2, 0.25) is 0 Å². The largest absolute Gasteiger partial charge is 0.493 e. The first-order valence-corrected chi connectivity index (χ1v) is 13.6. The number of thiazole rings is 1. The van der Waals surface area contributed by atoms with Crippen LogP contribution in [0.5, 0.6) is 11.5 Å². The second kappa shape index (κ2) is 10.3. The van der Waals surface area contributed by atoms with E-state index in [0.29, 0.717) is 35.0 Å². The average Bonchev–Trinajstić information content (AvgIpc) is 3.19. The molecule has 1 saturated heterocycles. The van der Waals surface area contributed by atoms with E-state index < -0.39 is 15.9 Å². The number of allylic oxidation sites excluding steroid dienone is 1. The van der Waals surface area contributed by atoms with Crippen LogP contribution in [-0.2, 0) is 16.6 Å². The summed E-state index contributed by atoms with van der Waals surface area (Å²) >= 11 is 1.35. The lowest BCUT2D eigenvalue weighted by Gasteiger charge is -2.32. The number of ether oxygens (including phenoxy) is 2. The van der Waals surface area contributed by atoms with E-state index >= 15 is 0 Å². The van der Waals surface area contributed by atoms with Gasteiger partial charge in [0.15, 0.2) is 16.3 Å². The molecular weight excluding hydrogens is 486 g/mol. The van der Waals surface area contributed by atoms with Crippen LogP contribution in [0.3, 0.4) is 0 Å². The molecule has 1 aromatic heterocycles. The van der Waals surface area contributed by atoms with Crippen LogP contribution in [0.25, 0.3) is 10.2 Å². The van der Waals surface area contributed by atoms with Gasteiger partial charge in [-0.2, -0.15) is 9.30 Å². The van der Waals surface area contributed by atoms with Crippen molar-refractivity contribution in [2.45, 2.75) is 43.7 Å². The quantitative estimate of drug-likeness (QED) is 0.440. The predicted molar refractivity (Wildman–Crippen MR) is 137 cm³/mol. The Morgan fingerprint density at radius 2 is 1.86 bits per heavy atom. The van der Waals surface area contributed by atoms with E-state index in [-0.39, 0.29) is 10.9 Å². The van der Waals surface area contributed by atoms with Crippen molar-refractivity contribution >= 4 is 37.5 Å². The lowest BCUT2D eigenvalue weighted by atomic mass is 10.1. The third-order valence-corrected chi connectivity index (χ3v) is 9.22. The van der Waals surface area contributed by atoms with Crippen LogP contribution in [0.1, 0.15) is 36.5 Å². The normalized spacial score (nSPS) is 17.5. The first-order chi connectivity index (χ1) is 16.8. The molecule has 1 amide bonds. The fourth-order valence-corrected chi connectivity index (χ4v) is 7.02. The van der Waals surface area contributed by atoms with Crippen molar-refractivity contribution in [3.05, 3.63) is 59.4 Å². The van der Waals surface area contributed by atoms with Crippen LogP contribution < -0.4 is 14.3 Å². The Kier molecular flexibility index (Phi) is 7.44. The van der Waals surface area contributed by atoms with E-state index in [1.165, 1.54) is 35.6 Å². The van der Waals surface area contributed by atoms with Crippen molar-refractivity contribution in [3.63, 3.8) is 0 Å². The molecule has 4 rings (SSSR count). The minimum Gasteiger partial charge on any atom is -0.493 e. The van der Waals surface area contributed by atoms with Gasteiger partial charge in [-0.3, -0.25) is 4.79 Å². The molecule has 186 valence electrons. The van der Waals surface area contributed by atoms with Gasteiger partial charge in [-0.25, -0.2) is 8.42 Å². The van der Waals surface area contributed by atoms with Crippen molar-refractivity contribution in [3.8, 4) is 11.5 Å². The molecule has 1 fully saturated rings. The van der Waals surface area contributed by atoms with Crippen LogP contribution in [0.15, 0.2) is 58.9 Å². The molecule has 10 heteroatoms. The summed E-state index contributed by atoms with van der Waals surface area (Å²) in [6, 6.07) is 9.67. The van der Waals surface area contributed by atoms with Crippen molar-refractivity contribution in [1.82, 2.24) is 8.87 Å². The van der Waals surface area contributed by atoms with E-state index in [4.69, 9.17) is 9.47 Å². The number of rotatable bonds is 7. The number of hydrogen-bond acceptors (Lipinski definition) is 6. The number of amides is 1. The van der Waals surface area contributed by atoms with Gasteiger partial charge in [0.05, 0.1) is 29.3 Å². The molecule has 3 aromatic rings. The first-order valence-electron chi connectivity index (χ1n) is 11.4. The monoisotopic (exact) mass is 515 g/mol. The Hall–Kier alpha value is -2.95. The van der Waals surface area contributed by atoms with E-state index in [2.05, 4.69) is 11.6 Å². The molecule has 1 aliphatic heterocycles. The van der Waals surface area contributed by atoms with Crippen LogP contribution in [0.4, 0.5) is 0 Å². The highest BCUT2D eigenvalue weighted by Gasteiger charge is 2.30. The summed E-state index contributed by atoms with van der Waals surface area (Å²) < 4.78 is 41.3. The van der Waals surface area contributed by atoms with Crippen molar-refractivity contribution in [2.75, 3.05) is 20.8 Å². The number of carbonyl (C=O) groups is 1. The number of piperidine rings is 1. The van der Waals surface area contributed by atoms with Gasteiger partial charge in [-0.15, -0.1) is 6.58 Å². The SMILES string of the molecule is C=CCn1c(=NC(=O)c2ccc(S(=O)(=O)N3CCCCC3C)cc2)sc2cc(OC)c(OC)cc21. The Morgan fingerprint density at radius 1 is 1.17 bits per heavy atom. The first kappa shape index (κ1) is 25.2. The molecule has 0 spiro atoms. The maximum absolute atomic E-state index is 13.1. The topological polar surface area (TPSA) is 90.2 Å². The lowest BCUT2D eigenvalue weighted by molar-refractivity contribution is 0.0997. The summed E-state index contributed by atoms with van der Waals surface area (Å²) in [4.78, 5) is 18.0. The van der Waals surface area contributed by atoms with Gasteiger partial charge < -0.3 is 14.0 Å². The molecule has 0 aliphatic carbocycles. The maximum atomic E-state index is 13.1. The highest BCUT2D eigenvalue weighted by Crippen LogP contribution is 2.33. The lowest BCUT2D eigenvalue weighted by Crippen LogP contribution is -2.41.